The van der Waals surface area contributed by atoms with Crippen LogP contribution in [0.3, 0.4) is 0 Å². The van der Waals surface area contributed by atoms with Crippen LogP contribution in [0.5, 0.6) is 0 Å². The maximum Gasteiger partial charge on any atom is 0.338 e. The first-order valence-electron chi connectivity index (χ1n) is 6.78. The quantitative estimate of drug-likeness (QED) is 0.680. The third-order valence-corrected chi connectivity index (χ3v) is 3.09. The molecule has 0 aliphatic carbocycles. The number of carbonyl (C=O) groups is 3. The summed E-state index contributed by atoms with van der Waals surface area (Å²) in [6.07, 6.45) is 0.657. The van der Waals surface area contributed by atoms with E-state index in [1.165, 1.54) is 42.5 Å². The Morgan fingerprint density at radius 2 is 1.87 bits per heavy atom. The van der Waals surface area contributed by atoms with Crippen LogP contribution in [0.4, 0.5) is 10.1 Å². The van der Waals surface area contributed by atoms with Gasteiger partial charge in [0.15, 0.2) is 6.61 Å². The molecule has 2 rings (SSSR count). The molecule has 0 saturated carbocycles. The maximum absolute atomic E-state index is 13.1. The standard InChI is InChI=1S/C17H14FNO4/c1-11-2-7-14(18)8-15(11)19-16(21)10-23-17(22)13-5-3-12(9-20)4-6-13/h2-9H,10H2,1H3,(H,19,21). The van der Waals surface area contributed by atoms with Crippen molar-refractivity contribution >= 4 is 23.9 Å². The maximum atomic E-state index is 13.1. The van der Waals surface area contributed by atoms with Crippen molar-refractivity contribution in [1.82, 2.24) is 0 Å². The molecule has 0 unspecified atom stereocenters. The average Bonchev–Trinajstić information content (AvgIpc) is 2.56. The van der Waals surface area contributed by atoms with Gasteiger partial charge in [-0.1, -0.05) is 18.2 Å². The fourth-order valence-electron chi connectivity index (χ4n) is 1.83. The van der Waals surface area contributed by atoms with Crippen LogP contribution in [0.15, 0.2) is 42.5 Å². The molecule has 2 aromatic carbocycles. The van der Waals surface area contributed by atoms with E-state index in [2.05, 4.69) is 5.32 Å². The molecule has 0 heterocycles. The monoisotopic (exact) mass is 315 g/mol. The Kier molecular flexibility index (Phi) is 5.19. The fraction of sp³-hybridized carbons (Fsp3) is 0.118. The number of halogens is 1. The van der Waals surface area contributed by atoms with Gasteiger partial charge in [0.2, 0.25) is 0 Å². The third kappa shape index (κ3) is 4.47. The van der Waals surface area contributed by atoms with Crippen molar-refractivity contribution in [2.24, 2.45) is 0 Å². The van der Waals surface area contributed by atoms with Gasteiger partial charge in [-0.2, -0.15) is 0 Å². The van der Waals surface area contributed by atoms with Crippen molar-refractivity contribution in [2.45, 2.75) is 6.92 Å². The van der Waals surface area contributed by atoms with Crippen molar-refractivity contribution in [1.29, 1.82) is 0 Å². The van der Waals surface area contributed by atoms with E-state index in [0.717, 1.165) is 0 Å². The fourth-order valence-corrected chi connectivity index (χ4v) is 1.83. The number of anilines is 1. The molecule has 0 saturated heterocycles. The van der Waals surface area contributed by atoms with Gasteiger partial charge < -0.3 is 10.1 Å². The predicted octanol–water partition coefficient (Wildman–Crippen LogP) is 2.74. The average molecular weight is 315 g/mol. The van der Waals surface area contributed by atoms with Gasteiger partial charge >= 0.3 is 5.97 Å². The minimum absolute atomic E-state index is 0.227. The molecular formula is C17H14FNO4. The van der Waals surface area contributed by atoms with Crippen LogP contribution in [0.25, 0.3) is 0 Å². The molecule has 0 fully saturated rings. The first kappa shape index (κ1) is 16.4. The highest BCUT2D eigenvalue weighted by Crippen LogP contribution is 2.15. The molecular weight excluding hydrogens is 301 g/mol. The van der Waals surface area contributed by atoms with Gasteiger partial charge in [0.1, 0.15) is 12.1 Å². The van der Waals surface area contributed by atoms with E-state index in [1.54, 1.807) is 6.92 Å². The number of carbonyl (C=O) groups excluding carboxylic acids is 3. The summed E-state index contributed by atoms with van der Waals surface area (Å²) in [6.45, 7) is 1.22. The Morgan fingerprint density at radius 3 is 2.52 bits per heavy atom. The molecule has 0 aliphatic heterocycles. The van der Waals surface area contributed by atoms with Crippen molar-refractivity contribution in [3.05, 3.63) is 65.0 Å². The summed E-state index contributed by atoms with van der Waals surface area (Å²) >= 11 is 0. The number of hydrogen-bond donors (Lipinski definition) is 1. The van der Waals surface area contributed by atoms with E-state index in [1.807, 2.05) is 0 Å². The number of hydrogen-bond acceptors (Lipinski definition) is 4. The number of esters is 1. The molecule has 23 heavy (non-hydrogen) atoms. The van der Waals surface area contributed by atoms with Gasteiger partial charge in [0, 0.05) is 11.3 Å². The summed E-state index contributed by atoms with van der Waals surface area (Å²) in [5, 5.41) is 2.47. The number of ether oxygens (including phenoxy) is 1. The largest absolute Gasteiger partial charge is 0.452 e. The SMILES string of the molecule is Cc1ccc(F)cc1NC(=O)COC(=O)c1ccc(C=O)cc1. The molecule has 0 bridgehead atoms. The van der Waals surface area contributed by atoms with Crippen molar-refractivity contribution in [3.8, 4) is 0 Å². The predicted molar refractivity (Wildman–Crippen MR) is 81.9 cm³/mol. The first-order valence-corrected chi connectivity index (χ1v) is 6.78. The summed E-state index contributed by atoms with van der Waals surface area (Å²) in [4.78, 5) is 34.1. The van der Waals surface area contributed by atoms with Crippen molar-refractivity contribution in [2.75, 3.05) is 11.9 Å². The van der Waals surface area contributed by atoms with E-state index in [9.17, 15) is 18.8 Å². The highest BCUT2D eigenvalue weighted by Gasteiger charge is 2.11. The minimum Gasteiger partial charge on any atom is -0.452 e. The second kappa shape index (κ2) is 7.31. The van der Waals surface area contributed by atoms with Crippen LogP contribution in [0.2, 0.25) is 0 Å². The van der Waals surface area contributed by atoms with E-state index < -0.39 is 24.3 Å². The van der Waals surface area contributed by atoms with Crippen molar-refractivity contribution in [3.63, 3.8) is 0 Å². The zero-order valence-electron chi connectivity index (χ0n) is 12.3. The Balaban J connectivity index is 1.91. The topological polar surface area (TPSA) is 72.5 Å². The molecule has 0 aromatic heterocycles. The van der Waals surface area contributed by atoms with Crippen LogP contribution in [-0.4, -0.2) is 24.8 Å². The van der Waals surface area contributed by atoms with E-state index in [4.69, 9.17) is 4.74 Å². The molecule has 0 aliphatic rings. The number of amides is 1. The Morgan fingerprint density at radius 1 is 1.17 bits per heavy atom. The lowest BCUT2D eigenvalue weighted by Crippen LogP contribution is -2.21. The van der Waals surface area contributed by atoms with Crippen LogP contribution in [0.1, 0.15) is 26.3 Å². The lowest BCUT2D eigenvalue weighted by Gasteiger charge is -2.09. The Bertz CT molecular complexity index is 741. The molecule has 1 amide bonds. The zero-order valence-corrected chi connectivity index (χ0v) is 12.3. The Hall–Kier alpha value is -3.02. The zero-order chi connectivity index (χ0) is 16.8. The van der Waals surface area contributed by atoms with E-state index in [-0.39, 0.29) is 5.56 Å². The van der Waals surface area contributed by atoms with Crippen LogP contribution < -0.4 is 5.32 Å². The van der Waals surface area contributed by atoms with E-state index >= 15 is 0 Å². The first-order chi connectivity index (χ1) is 11.0. The number of benzene rings is 2. The molecule has 1 N–H and O–H groups in total. The summed E-state index contributed by atoms with van der Waals surface area (Å²) in [6, 6.07) is 9.81. The summed E-state index contributed by atoms with van der Waals surface area (Å²) in [7, 11) is 0. The summed E-state index contributed by atoms with van der Waals surface area (Å²) in [5.41, 5.74) is 1.67. The van der Waals surface area contributed by atoms with Crippen LogP contribution in [-0.2, 0) is 9.53 Å². The highest BCUT2D eigenvalue weighted by molar-refractivity contribution is 5.96. The number of aldehydes is 1. The van der Waals surface area contributed by atoms with E-state index in [0.29, 0.717) is 23.1 Å². The number of nitrogens with one attached hydrogen (secondary N) is 1. The van der Waals surface area contributed by atoms with Crippen LogP contribution >= 0.6 is 0 Å². The number of aryl methyl sites for hydroxylation is 1. The van der Waals surface area contributed by atoms with Gasteiger partial charge in [-0.3, -0.25) is 9.59 Å². The second-order valence-corrected chi connectivity index (χ2v) is 4.82. The molecule has 0 radical (unpaired) electrons. The second-order valence-electron chi connectivity index (χ2n) is 4.82. The van der Waals surface area contributed by atoms with Gasteiger partial charge in [0.25, 0.3) is 5.91 Å². The number of rotatable bonds is 5. The summed E-state index contributed by atoms with van der Waals surface area (Å²) in [5.74, 6) is -1.73. The normalized spacial score (nSPS) is 10.0. The lowest BCUT2D eigenvalue weighted by atomic mass is 10.1. The molecule has 5 nitrogen and oxygen atoms in total. The Labute approximate surface area is 132 Å². The molecule has 0 spiro atoms. The van der Waals surface area contributed by atoms with Gasteiger partial charge in [-0.25, -0.2) is 9.18 Å². The van der Waals surface area contributed by atoms with Crippen molar-refractivity contribution < 1.29 is 23.5 Å². The van der Waals surface area contributed by atoms with Gasteiger partial charge in [-0.15, -0.1) is 0 Å². The highest BCUT2D eigenvalue weighted by atomic mass is 19.1. The third-order valence-electron chi connectivity index (χ3n) is 3.09. The molecule has 118 valence electrons. The molecule has 6 heteroatoms. The smallest absolute Gasteiger partial charge is 0.338 e. The minimum atomic E-state index is -0.687. The van der Waals surface area contributed by atoms with Gasteiger partial charge in [0.05, 0.1) is 5.56 Å². The lowest BCUT2D eigenvalue weighted by molar-refractivity contribution is -0.119. The molecule has 2 aromatic rings. The summed E-state index contributed by atoms with van der Waals surface area (Å²) < 4.78 is 18.0. The van der Waals surface area contributed by atoms with Crippen LogP contribution in [0, 0.1) is 12.7 Å². The molecule has 0 atom stereocenters. The van der Waals surface area contributed by atoms with Gasteiger partial charge in [-0.05, 0) is 36.8 Å².